The van der Waals surface area contributed by atoms with E-state index in [-0.39, 0.29) is 12.1 Å². The van der Waals surface area contributed by atoms with Gasteiger partial charge in [0.15, 0.2) is 0 Å². The first kappa shape index (κ1) is 13.3. The van der Waals surface area contributed by atoms with Gasteiger partial charge in [-0.3, -0.25) is 0 Å². The van der Waals surface area contributed by atoms with Crippen molar-refractivity contribution in [3.05, 3.63) is 0 Å². The highest BCUT2D eigenvalue weighted by molar-refractivity contribution is 7.87. The zero-order chi connectivity index (χ0) is 12.3. The van der Waals surface area contributed by atoms with Gasteiger partial charge in [0.05, 0.1) is 0 Å². The molecule has 1 saturated heterocycles. The highest BCUT2D eigenvalue weighted by Crippen LogP contribution is 2.19. The van der Waals surface area contributed by atoms with Crippen LogP contribution in [0.3, 0.4) is 0 Å². The van der Waals surface area contributed by atoms with Gasteiger partial charge in [0, 0.05) is 25.2 Å². The summed E-state index contributed by atoms with van der Waals surface area (Å²) in [6.07, 6.45) is 7.05. The van der Waals surface area contributed by atoms with E-state index >= 15 is 0 Å². The Balaban J connectivity index is 1.95. The van der Waals surface area contributed by atoms with Crippen molar-refractivity contribution in [1.29, 1.82) is 0 Å². The monoisotopic (exact) mass is 261 g/mol. The van der Waals surface area contributed by atoms with Crippen molar-refractivity contribution in [3.63, 3.8) is 0 Å². The summed E-state index contributed by atoms with van der Waals surface area (Å²) < 4.78 is 28.7. The van der Waals surface area contributed by atoms with Crippen molar-refractivity contribution >= 4 is 10.2 Å². The second-order valence-electron chi connectivity index (χ2n) is 5.14. The van der Waals surface area contributed by atoms with Crippen LogP contribution in [0.5, 0.6) is 0 Å². The van der Waals surface area contributed by atoms with Crippen LogP contribution in [0.4, 0.5) is 0 Å². The molecule has 0 spiro atoms. The topological polar surface area (TPSA) is 75.4 Å². The molecule has 0 bridgehead atoms. The molecule has 1 saturated carbocycles. The molecule has 100 valence electrons. The fraction of sp³-hybridized carbons (Fsp3) is 1.00. The number of nitrogens with two attached hydrogens (primary N) is 1. The maximum Gasteiger partial charge on any atom is 0.279 e. The second-order valence-corrected chi connectivity index (χ2v) is 6.84. The molecule has 2 rings (SSSR count). The number of nitrogens with one attached hydrogen (secondary N) is 1. The fourth-order valence-corrected chi connectivity index (χ4v) is 4.24. The first-order valence-corrected chi connectivity index (χ1v) is 8.06. The fourth-order valence-electron chi connectivity index (χ4n) is 2.68. The van der Waals surface area contributed by atoms with Gasteiger partial charge in [-0.25, -0.2) is 0 Å². The first-order valence-electron chi connectivity index (χ1n) is 6.62. The third-order valence-electron chi connectivity index (χ3n) is 3.77. The van der Waals surface area contributed by atoms with Crippen LogP contribution in [0.25, 0.3) is 0 Å². The summed E-state index contributed by atoms with van der Waals surface area (Å²) in [7, 11) is -3.31. The lowest BCUT2D eigenvalue weighted by Crippen LogP contribution is -2.54. The number of rotatable bonds is 3. The maximum atomic E-state index is 12.2. The molecule has 1 heterocycles. The number of nitrogens with zero attached hydrogens (tertiary/aromatic N) is 1. The number of hydrogen-bond donors (Lipinski definition) is 2. The minimum Gasteiger partial charge on any atom is -0.326 e. The minimum atomic E-state index is -3.31. The highest BCUT2D eigenvalue weighted by Gasteiger charge is 2.30. The van der Waals surface area contributed by atoms with Crippen LogP contribution in [0.15, 0.2) is 0 Å². The molecule has 6 heteroatoms. The van der Waals surface area contributed by atoms with Crippen molar-refractivity contribution in [3.8, 4) is 0 Å². The molecule has 1 aliphatic heterocycles. The van der Waals surface area contributed by atoms with Crippen LogP contribution in [-0.4, -0.2) is 37.9 Å². The van der Waals surface area contributed by atoms with E-state index in [4.69, 9.17) is 5.73 Å². The van der Waals surface area contributed by atoms with Crippen LogP contribution >= 0.6 is 0 Å². The van der Waals surface area contributed by atoms with Gasteiger partial charge in [0.25, 0.3) is 10.2 Å². The smallest absolute Gasteiger partial charge is 0.279 e. The lowest BCUT2D eigenvalue weighted by Gasteiger charge is -2.33. The molecule has 2 aliphatic rings. The highest BCUT2D eigenvalue weighted by atomic mass is 32.2. The van der Waals surface area contributed by atoms with Gasteiger partial charge in [-0.2, -0.15) is 17.4 Å². The quantitative estimate of drug-likeness (QED) is 0.780. The molecule has 2 fully saturated rings. The SMILES string of the molecule is NC1CCCCC1NS(=O)(=O)N1CCCCC1. The normalized spacial score (nSPS) is 32.5. The third kappa shape index (κ3) is 3.40. The summed E-state index contributed by atoms with van der Waals surface area (Å²) >= 11 is 0. The molecule has 0 aromatic rings. The van der Waals surface area contributed by atoms with Crippen LogP contribution in [0, 0.1) is 0 Å². The Bertz CT molecular complexity index is 339. The minimum absolute atomic E-state index is 0.0247. The molecular weight excluding hydrogens is 238 g/mol. The van der Waals surface area contributed by atoms with Gasteiger partial charge in [-0.15, -0.1) is 0 Å². The molecule has 2 unspecified atom stereocenters. The number of hydrogen-bond acceptors (Lipinski definition) is 3. The zero-order valence-electron chi connectivity index (χ0n) is 10.3. The van der Waals surface area contributed by atoms with Crippen molar-refractivity contribution in [1.82, 2.24) is 9.03 Å². The van der Waals surface area contributed by atoms with E-state index in [1.54, 1.807) is 4.31 Å². The average molecular weight is 261 g/mol. The summed E-state index contributed by atoms with van der Waals surface area (Å²) in [5.74, 6) is 0. The van der Waals surface area contributed by atoms with Gasteiger partial charge in [0.1, 0.15) is 0 Å². The molecule has 0 aromatic heterocycles. The summed E-state index contributed by atoms with van der Waals surface area (Å²) in [4.78, 5) is 0. The van der Waals surface area contributed by atoms with Crippen molar-refractivity contribution in [2.24, 2.45) is 5.73 Å². The molecule has 0 amide bonds. The summed E-state index contributed by atoms with van der Waals surface area (Å²) in [5.41, 5.74) is 5.97. The van der Waals surface area contributed by atoms with E-state index < -0.39 is 10.2 Å². The third-order valence-corrected chi connectivity index (χ3v) is 5.42. The standard InChI is InChI=1S/C11H23N3O2S/c12-10-6-2-3-7-11(10)13-17(15,16)14-8-4-1-5-9-14/h10-11,13H,1-9,12H2. The Labute approximate surface area is 104 Å². The lowest BCUT2D eigenvalue weighted by molar-refractivity contribution is 0.319. The Hall–Kier alpha value is -0.170. The van der Waals surface area contributed by atoms with Crippen molar-refractivity contribution in [2.45, 2.75) is 57.0 Å². The molecule has 2 atom stereocenters. The second kappa shape index (κ2) is 5.65. The van der Waals surface area contributed by atoms with E-state index in [0.717, 1.165) is 44.9 Å². The number of piperidine rings is 1. The van der Waals surface area contributed by atoms with E-state index in [0.29, 0.717) is 13.1 Å². The molecule has 0 aromatic carbocycles. The van der Waals surface area contributed by atoms with Crippen LogP contribution in [-0.2, 0) is 10.2 Å². The predicted octanol–water partition coefficient (Wildman–Crippen LogP) is 0.577. The van der Waals surface area contributed by atoms with Gasteiger partial charge in [-0.05, 0) is 25.7 Å². The zero-order valence-corrected chi connectivity index (χ0v) is 11.1. The van der Waals surface area contributed by atoms with Gasteiger partial charge < -0.3 is 5.73 Å². The molecule has 3 N–H and O–H groups in total. The largest absolute Gasteiger partial charge is 0.326 e. The van der Waals surface area contributed by atoms with Gasteiger partial charge in [0.2, 0.25) is 0 Å². The summed E-state index contributed by atoms with van der Waals surface area (Å²) in [6.45, 7) is 1.30. The van der Waals surface area contributed by atoms with Crippen LogP contribution < -0.4 is 10.5 Å². The molecule has 17 heavy (non-hydrogen) atoms. The molecular formula is C11H23N3O2S. The van der Waals surface area contributed by atoms with E-state index in [1.807, 2.05) is 0 Å². The van der Waals surface area contributed by atoms with Gasteiger partial charge in [-0.1, -0.05) is 19.3 Å². The molecule has 0 radical (unpaired) electrons. The summed E-state index contributed by atoms with van der Waals surface area (Å²) in [6, 6.07) is -0.0982. The Morgan fingerprint density at radius 1 is 1.00 bits per heavy atom. The predicted molar refractivity (Wildman–Crippen MR) is 67.7 cm³/mol. The Morgan fingerprint density at radius 3 is 2.29 bits per heavy atom. The van der Waals surface area contributed by atoms with E-state index in [9.17, 15) is 8.42 Å². The molecule has 5 nitrogen and oxygen atoms in total. The summed E-state index contributed by atoms with van der Waals surface area (Å²) in [5, 5.41) is 0. The molecule has 1 aliphatic carbocycles. The van der Waals surface area contributed by atoms with E-state index in [1.165, 1.54) is 0 Å². The van der Waals surface area contributed by atoms with Crippen molar-refractivity contribution < 1.29 is 8.42 Å². The van der Waals surface area contributed by atoms with Crippen molar-refractivity contribution in [2.75, 3.05) is 13.1 Å². The maximum absolute atomic E-state index is 12.2. The average Bonchev–Trinajstić information content (AvgIpc) is 2.33. The first-order chi connectivity index (χ1) is 8.09. The van der Waals surface area contributed by atoms with Crippen LogP contribution in [0.2, 0.25) is 0 Å². The lowest BCUT2D eigenvalue weighted by atomic mass is 9.92. The van der Waals surface area contributed by atoms with E-state index in [2.05, 4.69) is 4.72 Å². The Kier molecular flexibility index (Phi) is 4.41. The van der Waals surface area contributed by atoms with Crippen LogP contribution in [0.1, 0.15) is 44.9 Å². The van der Waals surface area contributed by atoms with Gasteiger partial charge >= 0.3 is 0 Å². The Morgan fingerprint density at radius 2 is 1.65 bits per heavy atom.